The quantitative estimate of drug-likeness (QED) is 0.668. The van der Waals surface area contributed by atoms with Crippen molar-refractivity contribution in [1.82, 2.24) is 19.1 Å². The molecule has 3 aromatic rings. The molecule has 2 aromatic heterocycles. The third kappa shape index (κ3) is 3.23. The van der Waals surface area contributed by atoms with Crippen LogP contribution in [0.1, 0.15) is 11.1 Å². The largest absolute Gasteiger partial charge is 0.333 e. The highest BCUT2D eigenvalue weighted by atomic mass is 127. The second-order valence-corrected chi connectivity index (χ2v) is 5.68. The number of halogens is 1. The van der Waals surface area contributed by atoms with Gasteiger partial charge in [-0.1, -0.05) is 6.07 Å². The van der Waals surface area contributed by atoms with E-state index in [0.717, 1.165) is 13.1 Å². The molecule has 0 amide bonds. The minimum Gasteiger partial charge on any atom is -0.333 e. The summed E-state index contributed by atoms with van der Waals surface area (Å²) in [6, 6.07) is 6.65. The highest BCUT2D eigenvalue weighted by Gasteiger charge is 2.02. The minimum absolute atomic E-state index is 0.855. The molecule has 0 unspecified atom stereocenters. The molecule has 1 aromatic carbocycles. The normalized spacial score (nSPS) is 10.8. The highest BCUT2D eigenvalue weighted by molar-refractivity contribution is 14.1. The third-order valence-corrected chi connectivity index (χ3v) is 3.49. The zero-order valence-electron chi connectivity index (χ0n) is 10.3. The van der Waals surface area contributed by atoms with Crippen molar-refractivity contribution < 1.29 is 0 Å². The molecule has 19 heavy (non-hydrogen) atoms. The maximum Gasteiger partial charge on any atom is 0.0949 e. The summed E-state index contributed by atoms with van der Waals surface area (Å²) in [7, 11) is 0. The fourth-order valence-corrected chi connectivity index (χ4v) is 2.88. The SMILES string of the molecule is Ic1cc(Cn2ccnc2)cc(Cn2ccnc2)c1. The summed E-state index contributed by atoms with van der Waals surface area (Å²) < 4.78 is 5.41. The Morgan fingerprint density at radius 3 is 1.79 bits per heavy atom. The van der Waals surface area contributed by atoms with E-state index in [2.05, 4.69) is 59.9 Å². The van der Waals surface area contributed by atoms with Crippen molar-refractivity contribution in [3.05, 3.63) is 70.3 Å². The van der Waals surface area contributed by atoms with Gasteiger partial charge in [0, 0.05) is 41.4 Å². The van der Waals surface area contributed by atoms with Gasteiger partial charge < -0.3 is 9.13 Å². The van der Waals surface area contributed by atoms with Crippen molar-refractivity contribution >= 4 is 22.6 Å². The van der Waals surface area contributed by atoms with Crippen LogP contribution in [0.4, 0.5) is 0 Å². The van der Waals surface area contributed by atoms with Crippen LogP contribution in [-0.2, 0) is 13.1 Å². The fourth-order valence-electron chi connectivity index (χ4n) is 2.08. The summed E-state index contributed by atoms with van der Waals surface area (Å²) in [6.45, 7) is 1.71. The van der Waals surface area contributed by atoms with E-state index in [4.69, 9.17) is 0 Å². The molecule has 0 aliphatic rings. The van der Waals surface area contributed by atoms with Crippen molar-refractivity contribution in [3.63, 3.8) is 0 Å². The van der Waals surface area contributed by atoms with Gasteiger partial charge in [-0.25, -0.2) is 9.97 Å². The number of aromatic nitrogens is 4. The van der Waals surface area contributed by atoms with Gasteiger partial charge in [-0.3, -0.25) is 0 Å². The summed E-state index contributed by atoms with van der Waals surface area (Å²) in [6.07, 6.45) is 11.3. The average Bonchev–Trinajstić information content (AvgIpc) is 3.01. The Kier molecular flexibility index (Phi) is 3.63. The van der Waals surface area contributed by atoms with Crippen molar-refractivity contribution in [1.29, 1.82) is 0 Å². The zero-order chi connectivity index (χ0) is 13.1. The van der Waals surface area contributed by atoms with Crippen LogP contribution in [0.2, 0.25) is 0 Å². The Bertz CT molecular complexity index is 590. The second-order valence-electron chi connectivity index (χ2n) is 4.44. The number of hydrogen-bond donors (Lipinski definition) is 0. The van der Waals surface area contributed by atoms with Crippen LogP contribution in [0.15, 0.2) is 55.6 Å². The molecule has 0 radical (unpaired) electrons. The van der Waals surface area contributed by atoms with Gasteiger partial charge in [0.05, 0.1) is 12.7 Å². The molecule has 0 N–H and O–H groups in total. The summed E-state index contributed by atoms with van der Waals surface area (Å²) >= 11 is 2.36. The predicted octanol–water partition coefficient (Wildman–Crippen LogP) is 2.78. The lowest BCUT2D eigenvalue weighted by Crippen LogP contribution is -2.01. The molecule has 0 atom stereocenters. The third-order valence-electron chi connectivity index (χ3n) is 2.87. The van der Waals surface area contributed by atoms with Crippen molar-refractivity contribution in [3.8, 4) is 0 Å². The summed E-state index contributed by atoms with van der Waals surface area (Å²) in [4.78, 5) is 8.15. The van der Waals surface area contributed by atoms with E-state index in [-0.39, 0.29) is 0 Å². The van der Waals surface area contributed by atoms with Gasteiger partial charge in [0.1, 0.15) is 0 Å². The molecule has 0 spiro atoms. The number of hydrogen-bond acceptors (Lipinski definition) is 2. The molecule has 0 saturated carbocycles. The molecule has 0 fully saturated rings. The van der Waals surface area contributed by atoms with Crippen LogP contribution in [-0.4, -0.2) is 19.1 Å². The first-order chi connectivity index (χ1) is 9.29. The molecule has 0 saturated heterocycles. The van der Waals surface area contributed by atoms with Gasteiger partial charge in [0.15, 0.2) is 0 Å². The van der Waals surface area contributed by atoms with Crippen molar-refractivity contribution in [2.45, 2.75) is 13.1 Å². The monoisotopic (exact) mass is 364 g/mol. The lowest BCUT2D eigenvalue weighted by Gasteiger charge is -2.08. The molecule has 3 rings (SSSR count). The minimum atomic E-state index is 0.855. The molecule has 2 heterocycles. The van der Waals surface area contributed by atoms with E-state index in [1.807, 2.05) is 25.0 Å². The Morgan fingerprint density at radius 1 is 0.842 bits per heavy atom. The number of benzene rings is 1. The summed E-state index contributed by atoms with van der Waals surface area (Å²) in [5.41, 5.74) is 2.58. The van der Waals surface area contributed by atoms with Crippen molar-refractivity contribution in [2.75, 3.05) is 0 Å². The number of imidazole rings is 2. The lowest BCUT2D eigenvalue weighted by atomic mass is 10.1. The van der Waals surface area contributed by atoms with E-state index in [1.165, 1.54) is 14.7 Å². The lowest BCUT2D eigenvalue weighted by molar-refractivity contribution is 0.777. The molecule has 0 bridgehead atoms. The van der Waals surface area contributed by atoms with Gasteiger partial charge in [-0.15, -0.1) is 0 Å². The van der Waals surface area contributed by atoms with Crippen LogP contribution >= 0.6 is 22.6 Å². The van der Waals surface area contributed by atoms with E-state index in [9.17, 15) is 0 Å². The van der Waals surface area contributed by atoms with Gasteiger partial charge in [-0.2, -0.15) is 0 Å². The first kappa shape index (κ1) is 12.4. The maximum absolute atomic E-state index is 4.07. The molecule has 0 aliphatic carbocycles. The Labute approximate surface area is 125 Å². The average molecular weight is 364 g/mol. The van der Waals surface area contributed by atoms with E-state index >= 15 is 0 Å². The fraction of sp³-hybridized carbons (Fsp3) is 0.143. The molecular formula is C14H13IN4. The van der Waals surface area contributed by atoms with E-state index in [1.54, 1.807) is 12.4 Å². The first-order valence-electron chi connectivity index (χ1n) is 5.99. The molecule has 5 heteroatoms. The highest BCUT2D eigenvalue weighted by Crippen LogP contribution is 2.15. The molecule has 4 nitrogen and oxygen atoms in total. The van der Waals surface area contributed by atoms with Gasteiger partial charge >= 0.3 is 0 Å². The van der Waals surface area contributed by atoms with Crippen LogP contribution < -0.4 is 0 Å². The second kappa shape index (κ2) is 5.56. The Morgan fingerprint density at radius 2 is 1.37 bits per heavy atom. The van der Waals surface area contributed by atoms with Gasteiger partial charge in [-0.05, 0) is 45.9 Å². The topological polar surface area (TPSA) is 35.6 Å². The maximum atomic E-state index is 4.07. The molecule has 0 aliphatic heterocycles. The van der Waals surface area contributed by atoms with E-state index < -0.39 is 0 Å². The molecular weight excluding hydrogens is 351 g/mol. The van der Waals surface area contributed by atoms with Crippen LogP contribution in [0.25, 0.3) is 0 Å². The standard InChI is InChI=1S/C14H13IN4/c15-14-6-12(8-18-3-1-16-10-18)5-13(7-14)9-19-4-2-17-11-19/h1-7,10-11H,8-9H2. The smallest absolute Gasteiger partial charge is 0.0949 e. The van der Waals surface area contributed by atoms with Crippen molar-refractivity contribution in [2.24, 2.45) is 0 Å². The van der Waals surface area contributed by atoms with Crippen LogP contribution in [0.5, 0.6) is 0 Å². The first-order valence-corrected chi connectivity index (χ1v) is 7.07. The Balaban J connectivity index is 1.83. The van der Waals surface area contributed by atoms with Crippen LogP contribution in [0.3, 0.4) is 0 Å². The van der Waals surface area contributed by atoms with Gasteiger partial charge in [0.2, 0.25) is 0 Å². The summed E-state index contributed by atoms with van der Waals surface area (Å²) in [5.74, 6) is 0. The van der Waals surface area contributed by atoms with Crippen LogP contribution in [0, 0.1) is 3.57 Å². The number of nitrogens with zero attached hydrogens (tertiary/aromatic N) is 4. The summed E-state index contributed by atoms with van der Waals surface area (Å²) in [5, 5.41) is 0. The van der Waals surface area contributed by atoms with Gasteiger partial charge in [0.25, 0.3) is 0 Å². The molecule has 96 valence electrons. The van der Waals surface area contributed by atoms with E-state index in [0.29, 0.717) is 0 Å². The zero-order valence-corrected chi connectivity index (χ0v) is 12.4. The Hall–Kier alpha value is -1.63. The number of rotatable bonds is 4. The predicted molar refractivity (Wildman–Crippen MR) is 81.8 cm³/mol.